The first-order chi connectivity index (χ1) is 13.1. The van der Waals surface area contributed by atoms with Gasteiger partial charge >= 0.3 is 0 Å². The van der Waals surface area contributed by atoms with E-state index in [1.807, 2.05) is 0 Å². The van der Waals surface area contributed by atoms with E-state index in [4.69, 9.17) is 11.6 Å². The van der Waals surface area contributed by atoms with Gasteiger partial charge in [-0.05, 0) is 93.2 Å². The third-order valence-corrected chi connectivity index (χ3v) is 9.01. The van der Waals surface area contributed by atoms with E-state index in [1.54, 1.807) is 38.1 Å². The summed E-state index contributed by atoms with van der Waals surface area (Å²) >= 11 is 5.87. The van der Waals surface area contributed by atoms with Crippen molar-refractivity contribution >= 4 is 27.4 Å². The quantitative estimate of drug-likeness (QED) is 0.698. The second-order valence-corrected chi connectivity index (χ2v) is 12.0. The molecule has 0 unspecified atom stereocenters. The Bertz CT molecular complexity index is 819. The lowest BCUT2D eigenvalue weighted by atomic mass is 9.51. The summed E-state index contributed by atoms with van der Waals surface area (Å²) in [5.41, 5.74) is -0.430. The smallest absolute Gasteiger partial charge is 0.216 e. The molecule has 0 saturated heterocycles. The molecule has 0 heterocycles. The fraction of sp³-hybridized carbons (Fsp3) is 0.682. The van der Waals surface area contributed by atoms with E-state index in [0.29, 0.717) is 34.8 Å². The molecule has 5 rings (SSSR count). The van der Waals surface area contributed by atoms with Gasteiger partial charge in [-0.2, -0.15) is 0 Å². The van der Waals surface area contributed by atoms with Crippen molar-refractivity contribution in [3.8, 4) is 0 Å². The highest BCUT2D eigenvalue weighted by Gasteiger charge is 2.49. The van der Waals surface area contributed by atoms with Crippen LogP contribution in [-0.2, 0) is 20.6 Å². The lowest BCUT2D eigenvalue weighted by molar-refractivity contribution is -0.128. The standard InChI is InChI=1S/C22H30ClNO3S/c1-22(2,24-28(26,27)13-14-3-5-19(23)6-4-14)21(25)12-20-17-8-15-7-16(10-17)11-18(20)9-15/h3-6,15-18,20,24H,7-13H2,1-2H3. The molecule has 0 aliphatic heterocycles. The van der Waals surface area contributed by atoms with Crippen molar-refractivity contribution < 1.29 is 13.2 Å². The highest BCUT2D eigenvalue weighted by atomic mass is 35.5. The number of rotatable bonds is 7. The average molecular weight is 424 g/mol. The molecule has 28 heavy (non-hydrogen) atoms. The van der Waals surface area contributed by atoms with Gasteiger partial charge in [0.1, 0.15) is 0 Å². The van der Waals surface area contributed by atoms with Crippen molar-refractivity contribution in [2.24, 2.45) is 29.6 Å². The van der Waals surface area contributed by atoms with E-state index >= 15 is 0 Å². The van der Waals surface area contributed by atoms with Gasteiger partial charge < -0.3 is 0 Å². The van der Waals surface area contributed by atoms with E-state index in [9.17, 15) is 13.2 Å². The molecule has 6 heteroatoms. The van der Waals surface area contributed by atoms with E-state index in [1.165, 1.54) is 32.1 Å². The molecule has 1 N–H and O–H groups in total. The van der Waals surface area contributed by atoms with Crippen LogP contribution < -0.4 is 4.72 Å². The molecule has 0 spiro atoms. The zero-order valence-corrected chi connectivity index (χ0v) is 18.2. The number of ketones is 1. The molecule has 1 aromatic rings. The van der Waals surface area contributed by atoms with E-state index < -0.39 is 15.6 Å². The molecule has 4 saturated carbocycles. The Hall–Kier alpha value is -0.910. The minimum atomic E-state index is -3.63. The number of benzene rings is 1. The first-order valence-electron chi connectivity index (χ1n) is 10.4. The number of Topliss-reactive ketones (excluding diaryl/α,β-unsaturated/α-hetero) is 1. The van der Waals surface area contributed by atoms with Gasteiger partial charge in [-0.3, -0.25) is 4.79 Å². The van der Waals surface area contributed by atoms with Crippen LogP contribution in [0.1, 0.15) is 57.9 Å². The highest BCUT2D eigenvalue weighted by molar-refractivity contribution is 7.88. The number of carbonyl (C=O) groups excluding carboxylic acids is 1. The SMILES string of the molecule is CC(C)(NS(=O)(=O)Cc1ccc(Cl)cc1)C(=O)CC1C2CC3CC(C2)CC1C3. The maximum absolute atomic E-state index is 13.1. The predicted octanol–water partition coefficient (Wildman–Crippen LogP) is 4.57. The van der Waals surface area contributed by atoms with Crippen molar-refractivity contribution in [3.05, 3.63) is 34.9 Å². The lowest BCUT2D eigenvalue weighted by Gasteiger charge is -2.54. The van der Waals surface area contributed by atoms with Gasteiger partial charge in [0.15, 0.2) is 5.78 Å². The molecule has 0 atom stereocenters. The van der Waals surface area contributed by atoms with E-state index in [-0.39, 0.29) is 11.5 Å². The van der Waals surface area contributed by atoms with Gasteiger partial charge in [-0.1, -0.05) is 23.7 Å². The van der Waals surface area contributed by atoms with Crippen LogP contribution in [0, 0.1) is 29.6 Å². The van der Waals surface area contributed by atoms with E-state index in [2.05, 4.69) is 4.72 Å². The van der Waals surface area contributed by atoms with Crippen LogP contribution in [0.3, 0.4) is 0 Å². The number of hydrogen-bond donors (Lipinski definition) is 1. The Labute approximate surface area is 173 Å². The van der Waals surface area contributed by atoms with Crippen LogP contribution >= 0.6 is 11.6 Å². The minimum Gasteiger partial charge on any atom is -0.298 e. The van der Waals surface area contributed by atoms with E-state index in [0.717, 1.165) is 11.8 Å². The summed E-state index contributed by atoms with van der Waals surface area (Å²) in [5.74, 6) is 3.40. The molecule has 4 aliphatic rings. The maximum atomic E-state index is 13.1. The minimum absolute atomic E-state index is 0.0182. The van der Waals surface area contributed by atoms with Gasteiger partial charge in [-0.25, -0.2) is 13.1 Å². The molecule has 4 nitrogen and oxygen atoms in total. The number of hydrogen-bond acceptors (Lipinski definition) is 3. The summed E-state index contributed by atoms with van der Waals surface area (Å²) in [7, 11) is -3.63. The summed E-state index contributed by atoms with van der Waals surface area (Å²) in [4.78, 5) is 13.1. The Morgan fingerprint density at radius 1 is 1.04 bits per heavy atom. The van der Waals surface area contributed by atoms with Gasteiger partial charge in [-0.15, -0.1) is 0 Å². The van der Waals surface area contributed by atoms with Gasteiger partial charge in [0.25, 0.3) is 0 Å². The van der Waals surface area contributed by atoms with Crippen molar-refractivity contribution in [2.75, 3.05) is 0 Å². The molecule has 1 aromatic carbocycles. The molecule has 0 aromatic heterocycles. The van der Waals surface area contributed by atoms with Crippen LogP contribution in [0.15, 0.2) is 24.3 Å². The summed E-state index contributed by atoms with van der Waals surface area (Å²) in [6.45, 7) is 3.40. The van der Waals surface area contributed by atoms with Crippen molar-refractivity contribution in [2.45, 2.75) is 63.7 Å². The fourth-order valence-electron chi connectivity index (χ4n) is 6.12. The Kier molecular flexibility index (Phi) is 5.39. The molecule has 4 aliphatic carbocycles. The van der Waals surface area contributed by atoms with Crippen molar-refractivity contribution in [1.29, 1.82) is 0 Å². The molecule has 154 valence electrons. The second kappa shape index (κ2) is 7.41. The summed E-state index contributed by atoms with van der Waals surface area (Å²) < 4.78 is 27.9. The Morgan fingerprint density at radius 3 is 2.11 bits per heavy atom. The van der Waals surface area contributed by atoms with Crippen molar-refractivity contribution in [1.82, 2.24) is 4.72 Å². The Balaban J connectivity index is 1.39. The fourth-order valence-corrected chi connectivity index (χ4v) is 7.84. The first kappa shape index (κ1) is 20.4. The topological polar surface area (TPSA) is 63.2 Å². The summed E-state index contributed by atoms with van der Waals surface area (Å²) in [6.07, 6.45) is 6.98. The summed E-state index contributed by atoms with van der Waals surface area (Å²) in [6, 6.07) is 6.75. The lowest BCUT2D eigenvalue weighted by Crippen LogP contribution is -2.52. The largest absolute Gasteiger partial charge is 0.298 e. The number of carbonyl (C=O) groups is 1. The van der Waals surface area contributed by atoms with Crippen LogP contribution in [0.25, 0.3) is 0 Å². The normalized spacial score (nSPS) is 31.9. The molecule has 0 amide bonds. The maximum Gasteiger partial charge on any atom is 0.216 e. The zero-order valence-electron chi connectivity index (χ0n) is 16.7. The molecular formula is C22H30ClNO3S. The third-order valence-electron chi connectivity index (χ3n) is 7.22. The number of halogens is 1. The highest BCUT2D eigenvalue weighted by Crippen LogP contribution is 2.57. The Morgan fingerprint density at radius 2 is 1.57 bits per heavy atom. The molecule has 4 bridgehead atoms. The summed E-state index contributed by atoms with van der Waals surface area (Å²) in [5, 5.41) is 0.570. The zero-order chi connectivity index (χ0) is 20.1. The van der Waals surface area contributed by atoms with Gasteiger partial charge in [0.05, 0.1) is 11.3 Å². The number of nitrogens with one attached hydrogen (secondary N) is 1. The second-order valence-electron chi connectivity index (χ2n) is 9.83. The van der Waals surface area contributed by atoms with Crippen LogP contribution in [0.4, 0.5) is 0 Å². The third kappa shape index (κ3) is 4.31. The molecule has 0 radical (unpaired) electrons. The number of sulfonamides is 1. The van der Waals surface area contributed by atoms with Gasteiger partial charge in [0.2, 0.25) is 10.0 Å². The first-order valence-corrected chi connectivity index (χ1v) is 12.4. The molecule has 4 fully saturated rings. The predicted molar refractivity (Wildman–Crippen MR) is 111 cm³/mol. The average Bonchev–Trinajstić information content (AvgIpc) is 2.58. The monoisotopic (exact) mass is 423 g/mol. The van der Waals surface area contributed by atoms with Gasteiger partial charge in [0, 0.05) is 11.4 Å². The van der Waals surface area contributed by atoms with Crippen LogP contribution in [0.5, 0.6) is 0 Å². The van der Waals surface area contributed by atoms with Crippen LogP contribution in [-0.4, -0.2) is 19.7 Å². The van der Waals surface area contributed by atoms with Crippen molar-refractivity contribution in [3.63, 3.8) is 0 Å². The molecular weight excluding hydrogens is 394 g/mol. The van der Waals surface area contributed by atoms with Crippen LogP contribution in [0.2, 0.25) is 5.02 Å².